The highest BCUT2D eigenvalue weighted by Crippen LogP contribution is 2.44. The Morgan fingerprint density at radius 2 is 1.95 bits per heavy atom. The topological polar surface area (TPSA) is 66.8 Å². The highest BCUT2D eigenvalue weighted by molar-refractivity contribution is 9.10. The molecular formula is C16H20BrNO4. The minimum atomic E-state index is -0.855. The summed E-state index contributed by atoms with van der Waals surface area (Å²) in [5.41, 5.74) is -0.835. The molecule has 1 aromatic rings. The van der Waals surface area contributed by atoms with E-state index in [1.54, 1.807) is 11.9 Å². The second kappa shape index (κ2) is 7.13. The third-order valence-electron chi connectivity index (χ3n) is 4.19. The molecule has 0 radical (unpaired) electrons. The monoisotopic (exact) mass is 369 g/mol. The van der Waals surface area contributed by atoms with Crippen LogP contribution in [0.4, 0.5) is 0 Å². The number of amides is 1. The van der Waals surface area contributed by atoms with Crippen molar-refractivity contribution < 1.29 is 19.4 Å². The van der Waals surface area contributed by atoms with Crippen molar-refractivity contribution in [3.05, 3.63) is 28.7 Å². The number of carbonyl (C=O) groups excluding carboxylic acids is 1. The molecule has 1 aliphatic rings. The summed E-state index contributed by atoms with van der Waals surface area (Å²) in [6.45, 7) is 0.814. The van der Waals surface area contributed by atoms with Crippen molar-refractivity contribution in [2.24, 2.45) is 5.41 Å². The minimum absolute atomic E-state index is 0.0805. The van der Waals surface area contributed by atoms with Crippen molar-refractivity contribution in [2.75, 3.05) is 20.2 Å². The van der Waals surface area contributed by atoms with Crippen molar-refractivity contribution >= 4 is 27.8 Å². The molecule has 120 valence electrons. The summed E-state index contributed by atoms with van der Waals surface area (Å²) in [6.07, 6.45) is 2.15. The van der Waals surface area contributed by atoms with Crippen LogP contribution in [0.25, 0.3) is 0 Å². The van der Waals surface area contributed by atoms with E-state index >= 15 is 0 Å². The Morgan fingerprint density at radius 3 is 2.45 bits per heavy atom. The Hall–Kier alpha value is -1.56. The largest absolute Gasteiger partial charge is 0.492 e. The predicted molar refractivity (Wildman–Crippen MR) is 85.8 cm³/mol. The van der Waals surface area contributed by atoms with E-state index in [9.17, 15) is 14.7 Å². The second-order valence-corrected chi connectivity index (χ2v) is 6.65. The third-order valence-corrected chi connectivity index (χ3v) is 4.72. The van der Waals surface area contributed by atoms with Crippen molar-refractivity contribution in [2.45, 2.75) is 25.7 Å². The summed E-state index contributed by atoms with van der Waals surface area (Å²) in [5.74, 6) is -0.252. The van der Waals surface area contributed by atoms with E-state index in [0.29, 0.717) is 26.0 Å². The van der Waals surface area contributed by atoms with Gasteiger partial charge in [0.2, 0.25) is 5.91 Å². The van der Waals surface area contributed by atoms with Crippen LogP contribution in [-0.4, -0.2) is 42.1 Å². The summed E-state index contributed by atoms with van der Waals surface area (Å²) in [5, 5.41) is 9.26. The van der Waals surface area contributed by atoms with Gasteiger partial charge in [0.05, 0.1) is 12.0 Å². The van der Waals surface area contributed by atoms with E-state index in [1.807, 2.05) is 24.3 Å². The molecule has 1 fully saturated rings. The number of rotatable bonds is 7. The number of carbonyl (C=O) groups is 2. The second-order valence-electron chi connectivity index (χ2n) is 5.73. The molecule has 1 aliphatic carbocycles. The van der Waals surface area contributed by atoms with E-state index in [0.717, 1.165) is 16.6 Å². The Bertz CT molecular complexity index is 540. The number of benzene rings is 1. The van der Waals surface area contributed by atoms with Crippen molar-refractivity contribution in [3.63, 3.8) is 0 Å². The van der Waals surface area contributed by atoms with Crippen LogP contribution in [0.15, 0.2) is 28.7 Å². The lowest BCUT2D eigenvalue weighted by molar-refractivity contribution is -0.159. The van der Waals surface area contributed by atoms with Gasteiger partial charge >= 0.3 is 5.97 Å². The molecule has 5 nitrogen and oxygen atoms in total. The Kier molecular flexibility index (Phi) is 5.45. The minimum Gasteiger partial charge on any atom is -0.492 e. The van der Waals surface area contributed by atoms with E-state index in [1.165, 1.54) is 0 Å². The maximum Gasteiger partial charge on any atom is 0.310 e. The summed E-state index contributed by atoms with van der Waals surface area (Å²) in [7, 11) is 1.68. The van der Waals surface area contributed by atoms with Crippen molar-refractivity contribution in [3.8, 4) is 5.75 Å². The quantitative estimate of drug-likeness (QED) is 0.802. The average Bonchev–Trinajstić information content (AvgIpc) is 2.44. The van der Waals surface area contributed by atoms with Crippen LogP contribution in [0.2, 0.25) is 0 Å². The molecule has 22 heavy (non-hydrogen) atoms. The average molecular weight is 370 g/mol. The number of likely N-dealkylation sites (N-methyl/N-ethyl adjacent to an activating group) is 1. The van der Waals surface area contributed by atoms with Gasteiger partial charge in [-0.1, -0.05) is 22.4 Å². The van der Waals surface area contributed by atoms with E-state index in [4.69, 9.17) is 4.74 Å². The van der Waals surface area contributed by atoms with Gasteiger partial charge in [0.1, 0.15) is 12.4 Å². The van der Waals surface area contributed by atoms with Crippen LogP contribution in [0.5, 0.6) is 5.75 Å². The number of carboxylic acid groups (broad SMARTS) is 1. The zero-order chi connectivity index (χ0) is 16.2. The molecule has 0 bridgehead atoms. The molecule has 0 aromatic heterocycles. The fraction of sp³-hybridized carbons (Fsp3) is 0.500. The third kappa shape index (κ3) is 4.00. The van der Waals surface area contributed by atoms with Crippen LogP contribution in [0.1, 0.15) is 25.7 Å². The first-order valence-electron chi connectivity index (χ1n) is 7.29. The SMILES string of the molecule is CN(CCOc1ccc(Br)cc1)C(=O)CC1(C(=O)O)CCC1. The van der Waals surface area contributed by atoms with E-state index in [2.05, 4.69) is 15.9 Å². The van der Waals surface area contributed by atoms with Crippen LogP contribution >= 0.6 is 15.9 Å². The van der Waals surface area contributed by atoms with Crippen molar-refractivity contribution in [1.29, 1.82) is 0 Å². The smallest absolute Gasteiger partial charge is 0.310 e. The number of ether oxygens (including phenoxy) is 1. The lowest BCUT2D eigenvalue weighted by Crippen LogP contribution is -2.43. The molecular weight excluding hydrogens is 350 g/mol. The molecule has 0 atom stereocenters. The zero-order valence-electron chi connectivity index (χ0n) is 12.5. The first kappa shape index (κ1) is 16.8. The lowest BCUT2D eigenvalue weighted by atomic mass is 9.66. The number of nitrogens with zero attached hydrogens (tertiary/aromatic N) is 1. The van der Waals surface area contributed by atoms with Gasteiger partial charge in [-0.25, -0.2) is 0 Å². The first-order chi connectivity index (χ1) is 10.4. The molecule has 1 N–H and O–H groups in total. The molecule has 0 unspecified atom stereocenters. The Labute approximate surface area is 138 Å². The molecule has 6 heteroatoms. The summed E-state index contributed by atoms with van der Waals surface area (Å²) >= 11 is 3.35. The molecule has 0 spiro atoms. The number of hydrogen-bond acceptors (Lipinski definition) is 3. The maximum absolute atomic E-state index is 12.1. The van der Waals surface area contributed by atoms with Crippen LogP contribution in [0, 0.1) is 5.41 Å². The summed E-state index contributed by atoms with van der Waals surface area (Å²) in [4.78, 5) is 25.0. The highest BCUT2D eigenvalue weighted by Gasteiger charge is 2.46. The normalized spacial score (nSPS) is 15.7. The molecule has 2 rings (SSSR count). The number of aliphatic carboxylic acids is 1. The first-order valence-corrected chi connectivity index (χ1v) is 8.08. The van der Waals surface area contributed by atoms with Crippen molar-refractivity contribution in [1.82, 2.24) is 4.90 Å². The number of halogens is 1. The standard InChI is InChI=1S/C16H20BrNO4/c1-18(9-10-22-13-5-3-12(17)4-6-13)14(19)11-16(15(20)21)7-2-8-16/h3-6H,2,7-11H2,1H3,(H,20,21). The van der Waals surface area contributed by atoms with E-state index in [-0.39, 0.29) is 12.3 Å². The fourth-order valence-corrected chi connectivity index (χ4v) is 2.71. The molecule has 1 saturated carbocycles. The molecule has 0 saturated heterocycles. The van der Waals surface area contributed by atoms with Crippen LogP contribution < -0.4 is 4.74 Å². The fourth-order valence-electron chi connectivity index (χ4n) is 2.45. The predicted octanol–water partition coefficient (Wildman–Crippen LogP) is 2.93. The van der Waals surface area contributed by atoms with Gasteiger partial charge in [-0.15, -0.1) is 0 Å². The van der Waals surface area contributed by atoms with Gasteiger partial charge in [-0.3, -0.25) is 9.59 Å². The van der Waals surface area contributed by atoms with Gasteiger partial charge in [-0.2, -0.15) is 0 Å². The van der Waals surface area contributed by atoms with Gasteiger partial charge in [0.15, 0.2) is 0 Å². The maximum atomic E-state index is 12.1. The van der Waals surface area contributed by atoms with Gasteiger partial charge < -0.3 is 14.7 Å². The van der Waals surface area contributed by atoms with Gasteiger partial charge in [0, 0.05) is 17.9 Å². The molecule has 0 aliphatic heterocycles. The summed E-state index contributed by atoms with van der Waals surface area (Å²) < 4.78 is 6.55. The zero-order valence-corrected chi connectivity index (χ0v) is 14.1. The Balaban J connectivity index is 1.77. The number of hydrogen-bond donors (Lipinski definition) is 1. The molecule has 1 amide bonds. The van der Waals surface area contributed by atoms with Gasteiger partial charge in [0.25, 0.3) is 0 Å². The van der Waals surface area contributed by atoms with Gasteiger partial charge in [-0.05, 0) is 37.1 Å². The molecule has 1 aromatic carbocycles. The number of carboxylic acids is 1. The highest BCUT2D eigenvalue weighted by atomic mass is 79.9. The van der Waals surface area contributed by atoms with Crippen LogP contribution in [0.3, 0.4) is 0 Å². The van der Waals surface area contributed by atoms with E-state index < -0.39 is 11.4 Å². The van der Waals surface area contributed by atoms with Crippen LogP contribution in [-0.2, 0) is 9.59 Å². The summed E-state index contributed by atoms with van der Waals surface area (Å²) in [6, 6.07) is 7.47. The lowest BCUT2D eigenvalue weighted by Gasteiger charge is -2.37. The Morgan fingerprint density at radius 1 is 1.32 bits per heavy atom. The molecule has 0 heterocycles.